The molecule has 0 atom stereocenters. The van der Waals surface area contributed by atoms with Crippen LogP contribution >= 0.6 is 0 Å². The Balaban J connectivity index is 1.35. The van der Waals surface area contributed by atoms with Crippen molar-refractivity contribution >= 4 is 28.1 Å². The Morgan fingerprint density at radius 2 is 1.92 bits per heavy atom. The summed E-state index contributed by atoms with van der Waals surface area (Å²) < 4.78 is 0. The van der Waals surface area contributed by atoms with Gasteiger partial charge in [0.05, 0.1) is 0 Å². The average Bonchev–Trinajstić information content (AvgIpc) is 3.17. The number of anilines is 1. The molecular weight excluding hydrogens is 460 g/mol. The molecule has 0 unspecified atom stereocenters. The number of aliphatic imine (C=N–C) groups is 1. The van der Waals surface area contributed by atoms with E-state index in [-0.39, 0.29) is 11.5 Å². The zero-order valence-corrected chi connectivity index (χ0v) is 21.3. The molecule has 3 heterocycles. The number of hydrogen-bond acceptors (Lipinski definition) is 7. The van der Waals surface area contributed by atoms with Crippen molar-refractivity contribution in [3.8, 4) is 11.1 Å². The number of pyridine rings is 2. The van der Waals surface area contributed by atoms with Gasteiger partial charge in [-0.2, -0.15) is 0 Å². The van der Waals surface area contributed by atoms with Crippen LogP contribution < -0.4 is 11.1 Å². The third-order valence-corrected chi connectivity index (χ3v) is 6.87. The van der Waals surface area contributed by atoms with Crippen molar-refractivity contribution in [3.63, 3.8) is 0 Å². The second kappa shape index (κ2) is 10.8. The van der Waals surface area contributed by atoms with Gasteiger partial charge in [-0.3, -0.25) is 15.4 Å². The summed E-state index contributed by atoms with van der Waals surface area (Å²) in [6.07, 6.45) is 14.6. The van der Waals surface area contributed by atoms with Crippen molar-refractivity contribution in [2.75, 3.05) is 46.0 Å². The van der Waals surface area contributed by atoms with E-state index < -0.39 is 0 Å². The molecule has 1 fully saturated rings. The lowest BCUT2D eigenvalue weighted by atomic mass is 9.99. The summed E-state index contributed by atoms with van der Waals surface area (Å²) >= 11 is 0. The number of nitrogens with zero attached hydrogens (tertiary/aromatic N) is 5. The van der Waals surface area contributed by atoms with Gasteiger partial charge in [0.1, 0.15) is 11.5 Å². The molecule has 0 spiro atoms. The zero-order valence-electron chi connectivity index (χ0n) is 21.3. The molecule has 4 N–H and O–H groups in total. The predicted octanol–water partition coefficient (Wildman–Crippen LogP) is 3.84. The van der Waals surface area contributed by atoms with E-state index in [2.05, 4.69) is 61.4 Å². The van der Waals surface area contributed by atoms with E-state index in [0.29, 0.717) is 11.4 Å². The minimum absolute atomic E-state index is 0.194. The van der Waals surface area contributed by atoms with E-state index in [0.717, 1.165) is 60.2 Å². The molecule has 2 aromatic heterocycles. The normalized spacial score (nSPS) is 16.8. The first kappa shape index (κ1) is 24.4. The fraction of sp³-hybridized carbons (Fsp3) is 0.241. The number of hydrogen-bond donors (Lipinski definition) is 3. The first-order chi connectivity index (χ1) is 18.0. The summed E-state index contributed by atoms with van der Waals surface area (Å²) in [5, 5.41) is 14.4. The second-order valence-electron chi connectivity index (χ2n) is 9.31. The fourth-order valence-corrected chi connectivity index (χ4v) is 4.68. The maximum Gasteiger partial charge on any atom is 0.151 e. The topological polar surface area (TPSA) is 107 Å². The summed E-state index contributed by atoms with van der Waals surface area (Å²) in [5.74, 6) is 0.731. The Kier molecular flexibility index (Phi) is 7.09. The summed E-state index contributed by atoms with van der Waals surface area (Å²) in [5.41, 5.74) is 11.0. The smallest absolute Gasteiger partial charge is 0.151 e. The van der Waals surface area contributed by atoms with Gasteiger partial charge < -0.3 is 20.9 Å². The van der Waals surface area contributed by atoms with Crippen LogP contribution in [0, 0.1) is 5.41 Å². The van der Waals surface area contributed by atoms with Gasteiger partial charge >= 0.3 is 0 Å². The first-order valence-corrected chi connectivity index (χ1v) is 12.5. The van der Waals surface area contributed by atoms with Gasteiger partial charge in [-0.05, 0) is 30.7 Å². The fourth-order valence-electron chi connectivity index (χ4n) is 4.68. The quantitative estimate of drug-likeness (QED) is 0.369. The van der Waals surface area contributed by atoms with Crippen LogP contribution in [0.4, 0.5) is 5.82 Å². The summed E-state index contributed by atoms with van der Waals surface area (Å²) in [4.78, 5) is 18.0. The molecule has 188 valence electrons. The molecule has 0 radical (unpaired) electrons. The Hall–Kier alpha value is -4.30. The monoisotopic (exact) mass is 492 g/mol. The van der Waals surface area contributed by atoms with Crippen LogP contribution in [0.25, 0.3) is 21.9 Å². The number of fused-ring (bicyclic) bond motifs is 1. The van der Waals surface area contributed by atoms with E-state index in [1.165, 1.54) is 5.70 Å². The molecule has 2 aliphatic rings. The van der Waals surface area contributed by atoms with Crippen LogP contribution in [0.2, 0.25) is 0 Å². The van der Waals surface area contributed by atoms with Gasteiger partial charge in [0, 0.05) is 91.7 Å². The number of aromatic nitrogens is 2. The third kappa shape index (κ3) is 5.29. The number of piperazine rings is 1. The number of benzene rings is 1. The number of nitrogens with two attached hydrogens (primary N) is 1. The van der Waals surface area contributed by atoms with E-state index in [9.17, 15) is 0 Å². The zero-order chi connectivity index (χ0) is 25.8. The highest BCUT2D eigenvalue weighted by molar-refractivity contribution is 6.47. The maximum atomic E-state index is 8.94. The number of allylic oxidation sites excluding steroid dienone is 4. The highest BCUT2D eigenvalue weighted by Gasteiger charge is 2.18. The molecule has 1 aliphatic heterocycles. The van der Waals surface area contributed by atoms with Crippen molar-refractivity contribution in [1.82, 2.24) is 25.1 Å². The van der Waals surface area contributed by atoms with Crippen LogP contribution in [-0.4, -0.2) is 71.6 Å². The molecule has 37 heavy (non-hydrogen) atoms. The number of nitrogen functional groups attached to an aromatic ring is 1. The molecule has 0 saturated carbocycles. The van der Waals surface area contributed by atoms with Crippen molar-refractivity contribution in [3.05, 3.63) is 90.2 Å². The lowest BCUT2D eigenvalue weighted by Gasteiger charge is -2.34. The number of rotatable bonds is 5. The first-order valence-electron chi connectivity index (χ1n) is 12.5. The lowest BCUT2D eigenvalue weighted by Crippen LogP contribution is -2.43. The lowest BCUT2D eigenvalue weighted by molar-refractivity contribution is 0.190. The van der Waals surface area contributed by atoms with Gasteiger partial charge in [-0.25, -0.2) is 4.98 Å². The molecule has 8 nitrogen and oxygen atoms in total. The van der Waals surface area contributed by atoms with E-state index >= 15 is 0 Å². The molecule has 1 aliphatic carbocycles. The Morgan fingerprint density at radius 1 is 1.11 bits per heavy atom. The van der Waals surface area contributed by atoms with Crippen LogP contribution in [0.5, 0.6) is 0 Å². The third-order valence-electron chi connectivity index (χ3n) is 6.87. The SMILES string of the molecule is CN=C(NC1=CC=CC(N2CCN(C)CC2)=CC1)C(=N)c1cc(-c2cncc3ccccc23)cnc1N. The van der Waals surface area contributed by atoms with Crippen LogP contribution in [0.1, 0.15) is 12.0 Å². The summed E-state index contributed by atoms with van der Waals surface area (Å²) in [6.45, 7) is 4.18. The number of likely N-dealkylation sites (N-methyl/N-ethyl adjacent to an activating group) is 1. The summed E-state index contributed by atoms with van der Waals surface area (Å²) in [7, 11) is 3.84. The van der Waals surface area contributed by atoms with Gasteiger partial charge in [0.15, 0.2) is 5.84 Å². The van der Waals surface area contributed by atoms with Gasteiger partial charge in [0.2, 0.25) is 0 Å². The minimum Gasteiger partial charge on any atom is -0.383 e. The molecular formula is C29H32N8. The largest absolute Gasteiger partial charge is 0.383 e. The predicted molar refractivity (Wildman–Crippen MR) is 152 cm³/mol. The molecule has 3 aromatic rings. The van der Waals surface area contributed by atoms with Gasteiger partial charge in [-0.15, -0.1) is 0 Å². The highest BCUT2D eigenvalue weighted by Crippen LogP contribution is 2.29. The van der Waals surface area contributed by atoms with E-state index in [1.54, 1.807) is 13.2 Å². The summed E-state index contributed by atoms with van der Waals surface area (Å²) in [6, 6.07) is 9.98. The van der Waals surface area contributed by atoms with Crippen LogP contribution in [-0.2, 0) is 0 Å². The Bertz CT molecular complexity index is 1440. The van der Waals surface area contributed by atoms with Crippen molar-refractivity contribution < 1.29 is 0 Å². The van der Waals surface area contributed by atoms with Crippen molar-refractivity contribution in [2.24, 2.45) is 4.99 Å². The van der Waals surface area contributed by atoms with Gasteiger partial charge in [0.25, 0.3) is 0 Å². The molecule has 1 saturated heterocycles. The second-order valence-corrected chi connectivity index (χ2v) is 9.31. The molecule has 5 rings (SSSR count). The highest BCUT2D eigenvalue weighted by atomic mass is 15.2. The van der Waals surface area contributed by atoms with Crippen LogP contribution in [0.15, 0.2) is 89.6 Å². The minimum atomic E-state index is 0.194. The van der Waals surface area contributed by atoms with E-state index in [4.69, 9.17) is 11.1 Å². The number of amidine groups is 1. The Morgan fingerprint density at radius 3 is 2.73 bits per heavy atom. The standard InChI is InChI=1S/C29H32N8/c1-32-29(35-22-7-5-8-23(11-10-22)37-14-12-36(2)13-15-37)27(30)25-16-21(18-34-28(25)31)26-19-33-17-20-6-3-4-9-24(20)26/h3-9,11,16-19,30H,10,12-15H2,1-2H3,(H2,31,34)(H,32,35). The van der Waals surface area contributed by atoms with Gasteiger partial charge in [-0.1, -0.05) is 36.4 Å². The molecule has 0 bridgehead atoms. The number of nitrogens with one attached hydrogen (secondary N) is 2. The van der Waals surface area contributed by atoms with Crippen molar-refractivity contribution in [2.45, 2.75) is 6.42 Å². The molecule has 0 amide bonds. The Labute approximate surface area is 217 Å². The van der Waals surface area contributed by atoms with Crippen molar-refractivity contribution in [1.29, 1.82) is 5.41 Å². The van der Waals surface area contributed by atoms with Crippen LogP contribution in [0.3, 0.4) is 0 Å². The van der Waals surface area contributed by atoms with E-state index in [1.807, 2.05) is 42.7 Å². The molecule has 1 aromatic carbocycles. The maximum absolute atomic E-state index is 8.94. The average molecular weight is 493 g/mol. The molecule has 8 heteroatoms.